The van der Waals surface area contributed by atoms with Gasteiger partial charge in [-0.25, -0.2) is 18.1 Å². The molecule has 0 amide bonds. The standard InChI is InChI=1S/C27H26N4O4S/c1-3-23-25(24-13-5-4-9-19(24)17-34-2)29-27-30-26(23)35-21-11-6-8-18(14-21)16-28-20-10-7-12-22(15-20)36(32,33)31-27/h4-15,28H,3,16-17H2,1-2H3,(H,29,30,31). The van der Waals surface area contributed by atoms with Crippen LogP contribution >= 0.6 is 0 Å². The number of anilines is 2. The molecular weight excluding hydrogens is 476 g/mol. The summed E-state index contributed by atoms with van der Waals surface area (Å²) >= 11 is 0. The molecule has 2 heterocycles. The lowest BCUT2D eigenvalue weighted by atomic mass is 10.00. The Morgan fingerprint density at radius 3 is 2.67 bits per heavy atom. The number of nitrogens with zero attached hydrogens (tertiary/aromatic N) is 2. The van der Waals surface area contributed by atoms with E-state index in [0.717, 1.165) is 22.3 Å². The molecule has 36 heavy (non-hydrogen) atoms. The highest BCUT2D eigenvalue weighted by molar-refractivity contribution is 7.92. The van der Waals surface area contributed by atoms with Crippen LogP contribution in [0.15, 0.2) is 77.7 Å². The van der Waals surface area contributed by atoms with Gasteiger partial charge in [-0.05, 0) is 47.9 Å². The van der Waals surface area contributed by atoms with E-state index in [0.29, 0.717) is 42.6 Å². The van der Waals surface area contributed by atoms with Crippen LogP contribution in [0.2, 0.25) is 0 Å². The van der Waals surface area contributed by atoms with Gasteiger partial charge < -0.3 is 14.8 Å². The molecule has 0 atom stereocenters. The third-order valence-corrected chi connectivity index (χ3v) is 7.20. The SMILES string of the molecule is CCc1c2nc(nc1-c1ccccc1COC)NS(=O)(=O)c1cccc(c1)NCc1cccc(c1)O2. The number of methoxy groups -OCH3 is 1. The first-order valence-corrected chi connectivity index (χ1v) is 13.1. The summed E-state index contributed by atoms with van der Waals surface area (Å²) < 4.78 is 40.8. The van der Waals surface area contributed by atoms with Crippen molar-refractivity contribution >= 4 is 21.7 Å². The van der Waals surface area contributed by atoms with Crippen molar-refractivity contribution in [2.75, 3.05) is 17.1 Å². The lowest BCUT2D eigenvalue weighted by Crippen LogP contribution is -2.17. The fourth-order valence-corrected chi connectivity index (χ4v) is 5.14. The Morgan fingerprint density at radius 2 is 1.83 bits per heavy atom. The molecule has 0 unspecified atom stereocenters. The maximum atomic E-state index is 13.3. The first-order valence-electron chi connectivity index (χ1n) is 11.6. The Morgan fingerprint density at radius 1 is 1.00 bits per heavy atom. The van der Waals surface area contributed by atoms with Gasteiger partial charge in [-0.2, -0.15) is 4.98 Å². The van der Waals surface area contributed by atoms with Crippen LogP contribution in [0.1, 0.15) is 23.6 Å². The van der Waals surface area contributed by atoms with Gasteiger partial charge in [-0.3, -0.25) is 0 Å². The van der Waals surface area contributed by atoms with Gasteiger partial charge in [-0.1, -0.05) is 49.4 Å². The molecule has 6 bridgehead atoms. The largest absolute Gasteiger partial charge is 0.439 e. The summed E-state index contributed by atoms with van der Waals surface area (Å²) in [7, 11) is -2.33. The summed E-state index contributed by atoms with van der Waals surface area (Å²) in [6.07, 6.45) is 0.572. The third-order valence-electron chi connectivity index (χ3n) is 5.87. The second-order valence-electron chi connectivity index (χ2n) is 8.36. The van der Waals surface area contributed by atoms with E-state index in [4.69, 9.17) is 9.47 Å². The third kappa shape index (κ3) is 4.89. The predicted molar refractivity (Wildman–Crippen MR) is 139 cm³/mol. The highest BCUT2D eigenvalue weighted by Gasteiger charge is 2.23. The summed E-state index contributed by atoms with van der Waals surface area (Å²) in [4.78, 5) is 9.28. The predicted octanol–water partition coefficient (Wildman–Crippen LogP) is 5.37. The van der Waals surface area contributed by atoms with E-state index in [1.807, 2.05) is 61.5 Å². The molecule has 4 aromatic rings. The molecule has 0 aliphatic carbocycles. The van der Waals surface area contributed by atoms with Gasteiger partial charge in [0.15, 0.2) is 0 Å². The van der Waals surface area contributed by atoms with E-state index in [1.165, 1.54) is 6.07 Å². The average Bonchev–Trinajstić information content (AvgIpc) is 2.87. The van der Waals surface area contributed by atoms with Gasteiger partial charge in [0.2, 0.25) is 11.8 Å². The van der Waals surface area contributed by atoms with Crippen LogP contribution in [0.3, 0.4) is 0 Å². The minimum Gasteiger partial charge on any atom is -0.439 e. The van der Waals surface area contributed by atoms with Gasteiger partial charge in [0.25, 0.3) is 10.0 Å². The molecule has 0 radical (unpaired) electrons. The molecule has 2 N–H and O–H groups in total. The zero-order valence-corrected chi connectivity index (χ0v) is 20.8. The minimum atomic E-state index is -3.96. The van der Waals surface area contributed by atoms with E-state index in [1.54, 1.807) is 19.2 Å². The highest BCUT2D eigenvalue weighted by Crippen LogP contribution is 2.35. The fraction of sp³-hybridized carbons (Fsp3) is 0.185. The number of rotatable bonds is 4. The lowest BCUT2D eigenvalue weighted by Gasteiger charge is -2.18. The van der Waals surface area contributed by atoms with Crippen molar-refractivity contribution in [1.82, 2.24) is 9.97 Å². The van der Waals surface area contributed by atoms with Crippen LogP contribution in [0, 0.1) is 0 Å². The molecule has 5 rings (SSSR count). The van der Waals surface area contributed by atoms with Crippen molar-refractivity contribution in [3.63, 3.8) is 0 Å². The van der Waals surface area contributed by atoms with Crippen molar-refractivity contribution in [3.05, 3.63) is 89.5 Å². The molecule has 184 valence electrons. The molecule has 0 saturated heterocycles. The highest BCUT2D eigenvalue weighted by atomic mass is 32.2. The van der Waals surface area contributed by atoms with E-state index < -0.39 is 10.0 Å². The van der Waals surface area contributed by atoms with E-state index in [2.05, 4.69) is 20.0 Å². The number of hydrogen-bond acceptors (Lipinski definition) is 7. The van der Waals surface area contributed by atoms with Crippen molar-refractivity contribution < 1.29 is 17.9 Å². The van der Waals surface area contributed by atoms with Crippen LogP contribution in [0.5, 0.6) is 11.6 Å². The summed E-state index contributed by atoms with van der Waals surface area (Å²) in [6, 6.07) is 22.0. The summed E-state index contributed by atoms with van der Waals surface area (Å²) in [5.41, 5.74) is 4.76. The summed E-state index contributed by atoms with van der Waals surface area (Å²) in [6.45, 7) is 2.86. The zero-order chi connectivity index (χ0) is 25.1. The quantitative estimate of drug-likeness (QED) is 0.387. The topological polar surface area (TPSA) is 102 Å². The van der Waals surface area contributed by atoms with Crippen LogP contribution in [0.25, 0.3) is 11.3 Å². The Labute approximate surface area is 210 Å². The van der Waals surface area contributed by atoms with Gasteiger partial charge in [-0.15, -0.1) is 0 Å². The van der Waals surface area contributed by atoms with Gasteiger partial charge in [0.05, 0.1) is 17.2 Å². The molecule has 1 aliphatic rings. The summed E-state index contributed by atoms with van der Waals surface area (Å²) in [5, 5.41) is 3.27. The Bertz CT molecular complexity index is 1520. The summed E-state index contributed by atoms with van der Waals surface area (Å²) in [5.74, 6) is 0.817. The van der Waals surface area contributed by atoms with Gasteiger partial charge in [0.1, 0.15) is 5.75 Å². The van der Waals surface area contributed by atoms with E-state index in [-0.39, 0.29) is 10.8 Å². The number of ether oxygens (including phenoxy) is 2. The van der Waals surface area contributed by atoms with Crippen molar-refractivity contribution in [2.24, 2.45) is 0 Å². The molecule has 0 fully saturated rings. The van der Waals surface area contributed by atoms with Crippen molar-refractivity contribution in [3.8, 4) is 22.9 Å². The smallest absolute Gasteiger partial charge is 0.264 e. The normalized spacial score (nSPS) is 14.1. The zero-order valence-electron chi connectivity index (χ0n) is 20.0. The van der Waals surface area contributed by atoms with Crippen molar-refractivity contribution in [1.29, 1.82) is 0 Å². The average molecular weight is 503 g/mol. The van der Waals surface area contributed by atoms with E-state index in [9.17, 15) is 8.42 Å². The fourth-order valence-electron chi connectivity index (χ4n) is 4.15. The van der Waals surface area contributed by atoms with Crippen molar-refractivity contribution in [2.45, 2.75) is 31.4 Å². The molecule has 0 spiro atoms. The Kier molecular flexibility index (Phi) is 6.58. The molecule has 8 nitrogen and oxygen atoms in total. The second kappa shape index (κ2) is 9.96. The van der Waals surface area contributed by atoms with Gasteiger partial charge in [0, 0.05) is 30.5 Å². The lowest BCUT2D eigenvalue weighted by molar-refractivity contribution is 0.185. The maximum absolute atomic E-state index is 13.3. The number of sulfonamides is 1. The molecule has 9 heteroatoms. The number of nitrogens with one attached hydrogen (secondary N) is 2. The Balaban J connectivity index is 1.74. The number of fused-ring (bicyclic) bond motifs is 6. The maximum Gasteiger partial charge on any atom is 0.264 e. The molecule has 3 aromatic carbocycles. The molecule has 1 aromatic heterocycles. The van der Waals surface area contributed by atoms with Crippen LogP contribution < -0.4 is 14.8 Å². The van der Waals surface area contributed by atoms with Crippen LogP contribution in [-0.4, -0.2) is 25.5 Å². The second-order valence-corrected chi connectivity index (χ2v) is 10.0. The number of aromatic nitrogens is 2. The Hall–Kier alpha value is -3.95. The van der Waals surface area contributed by atoms with E-state index >= 15 is 0 Å². The first kappa shape index (κ1) is 23.8. The van der Waals surface area contributed by atoms with Crippen LogP contribution in [-0.2, 0) is 34.3 Å². The molecule has 1 aliphatic heterocycles. The van der Waals surface area contributed by atoms with Gasteiger partial charge >= 0.3 is 0 Å². The number of benzene rings is 3. The first-order chi connectivity index (χ1) is 17.5. The monoisotopic (exact) mass is 502 g/mol. The molecular formula is C27H26N4O4S. The van der Waals surface area contributed by atoms with Crippen LogP contribution in [0.4, 0.5) is 11.6 Å². The number of hydrogen-bond donors (Lipinski definition) is 2. The minimum absolute atomic E-state index is 0.0732. The molecule has 0 saturated carbocycles.